The van der Waals surface area contributed by atoms with Crippen molar-refractivity contribution in [2.24, 2.45) is 0 Å². The zero-order valence-corrected chi connectivity index (χ0v) is 37.6. The zero-order valence-electron chi connectivity index (χ0n) is 37.6. The minimum absolute atomic E-state index is 0.174. The summed E-state index contributed by atoms with van der Waals surface area (Å²) >= 11 is 0. The first-order chi connectivity index (χ1) is 32.3. The summed E-state index contributed by atoms with van der Waals surface area (Å²) in [6, 6.07) is 48.7. The Morgan fingerprint density at radius 3 is 1.51 bits per heavy atom. The molecule has 0 aliphatic carbocycles. The standard InChI is InChI=1S/C27H25N3O3.C21H16N2O2.C6H11NO2/c1-30(2)15-7-14-26(31)28-21-10-5-8-19(16-21)20-9-6-11-22(17-20)33-25-18-27(32)29-24-13-4-3-12-23(24)25;22-16-7-3-5-14(11-16)15-6-4-8-17(12-15)25-20-13-21(24)23-19-10-2-1-9-18(19)20;1-7(2)5-3-4-6(8)9/h3-14,16-18H,15H2,1-2H3,(H,28,31)(H,29,32);1-13H,22H2,(H,23,24);3-4H,5H2,1-2H3,(H,8,9)/b14-7+;;4-3+. The van der Waals surface area contributed by atoms with Crippen molar-refractivity contribution < 1.29 is 24.2 Å². The topological polar surface area (TPSA) is 183 Å². The summed E-state index contributed by atoms with van der Waals surface area (Å²) in [5.41, 5.74) is 12.2. The maximum absolute atomic E-state index is 12.2. The van der Waals surface area contributed by atoms with Gasteiger partial charge in [0.15, 0.2) is 0 Å². The molecular formula is C54H52N6O7. The molecule has 2 aromatic heterocycles. The molecule has 0 fully saturated rings. The van der Waals surface area contributed by atoms with E-state index in [1.807, 2.05) is 190 Å². The first-order valence-electron chi connectivity index (χ1n) is 21.2. The molecule has 0 saturated carbocycles. The first-order valence-corrected chi connectivity index (χ1v) is 21.2. The number of likely N-dealkylation sites (N-methyl/N-ethyl adjacent to an activating group) is 2. The molecule has 0 unspecified atom stereocenters. The fraction of sp³-hybridized carbons (Fsp3) is 0.111. The molecule has 0 atom stereocenters. The summed E-state index contributed by atoms with van der Waals surface area (Å²) in [6.07, 6.45) is 6.09. The van der Waals surface area contributed by atoms with E-state index in [-0.39, 0.29) is 17.0 Å². The maximum atomic E-state index is 12.2. The Hall–Kier alpha value is -8.52. The number of para-hydroxylation sites is 2. The van der Waals surface area contributed by atoms with Gasteiger partial charge in [0.1, 0.15) is 23.0 Å². The molecule has 67 heavy (non-hydrogen) atoms. The van der Waals surface area contributed by atoms with Crippen molar-refractivity contribution in [1.82, 2.24) is 19.8 Å². The Kier molecular flexibility index (Phi) is 16.8. The number of aliphatic carboxylic acids is 1. The lowest BCUT2D eigenvalue weighted by Gasteiger charge is -2.11. The van der Waals surface area contributed by atoms with Gasteiger partial charge in [0.05, 0.1) is 11.0 Å². The quantitative estimate of drug-likeness (QED) is 0.0552. The summed E-state index contributed by atoms with van der Waals surface area (Å²) in [6.45, 7) is 1.37. The number of carbonyl (C=O) groups is 2. The smallest absolute Gasteiger partial charge is 0.328 e. The van der Waals surface area contributed by atoms with Crippen LogP contribution < -0.4 is 31.6 Å². The molecule has 8 aromatic rings. The molecule has 8 rings (SSSR count). The summed E-state index contributed by atoms with van der Waals surface area (Å²) < 4.78 is 12.1. The van der Waals surface area contributed by atoms with E-state index in [1.165, 1.54) is 18.2 Å². The predicted molar refractivity (Wildman–Crippen MR) is 269 cm³/mol. The Balaban J connectivity index is 0.000000192. The van der Waals surface area contributed by atoms with Crippen molar-refractivity contribution in [3.05, 3.63) is 203 Å². The second-order valence-corrected chi connectivity index (χ2v) is 15.7. The van der Waals surface area contributed by atoms with E-state index in [4.69, 9.17) is 20.3 Å². The fourth-order valence-electron chi connectivity index (χ4n) is 6.66. The van der Waals surface area contributed by atoms with Crippen LogP contribution in [0.1, 0.15) is 0 Å². The van der Waals surface area contributed by atoms with Crippen molar-refractivity contribution in [2.75, 3.05) is 52.3 Å². The molecule has 6 aromatic carbocycles. The van der Waals surface area contributed by atoms with Gasteiger partial charge in [-0.25, -0.2) is 4.79 Å². The number of ether oxygens (including phenoxy) is 2. The number of anilines is 2. The SMILES string of the molecule is CN(C)C/C=C/C(=O)Nc1cccc(-c2cccc(Oc3cc(=O)[nH]c4ccccc34)c2)c1.CN(C)C/C=C/C(=O)O.Nc1cccc(-c2cccc(Oc3cc(=O)[nH]c4ccccc34)c2)c1. The van der Waals surface area contributed by atoms with Gasteiger partial charge in [-0.05, 0) is 123 Å². The molecule has 13 nitrogen and oxygen atoms in total. The highest BCUT2D eigenvalue weighted by Crippen LogP contribution is 2.33. The lowest BCUT2D eigenvalue weighted by Crippen LogP contribution is -2.12. The number of nitrogens with zero attached hydrogens (tertiary/aromatic N) is 2. The summed E-state index contributed by atoms with van der Waals surface area (Å²) in [5.74, 6) is 1.24. The lowest BCUT2D eigenvalue weighted by molar-refractivity contribution is -0.131. The number of nitrogens with one attached hydrogen (secondary N) is 3. The molecule has 340 valence electrons. The number of pyridine rings is 2. The van der Waals surface area contributed by atoms with Crippen LogP contribution in [-0.2, 0) is 9.59 Å². The number of amides is 1. The minimum Gasteiger partial charge on any atom is -0.478 e. The number of rotatable bonds is 13. The second kappa shape index (κ2) is 23.4. The number of nitrogen functional groups attached to an aromatic ring is 1. The number of H-pyrrole nitrogens is 2. The molecule has 1 amide bonds. The van der Waals surface area contributed by atoms with E-state index >= 15 is 0 Å². The number of fused-ring (bicyclic) bond motifs is 2. The Labute approximate surface area is 388 Å². The Bertz CT molecular complexity index is 3150. The van der Waals surface area contributed by atoms with Crippen LogP contribution in [0, 0.1) is 0 Å². The molecule has 0 saturated heterocycles. The molecule has 2 heterocycles. The number of hydrogen-bond donors (Lipinski definition) is 5. The summed E-state index contributed by atoms with van der Waals surface area (Å²) in [5, 5.41) is 12.7. The van der Waals surface area contributed by atoms with E-state index in [1.54, 1.807) is 6.08 Å². The molecule has 13 heteroatoms. The van der Waals surface area contributed by atoms with Crippen LogP contribution in [0.25, 0.3) is 44.1 Å². The second-order valence-electron chi connectivity index (χ2n) is 15.7. The average Bonchev–Trinajstić information content (AvgIpc) is 3.29. The molecule has 0 radical (unpaired) electrons. The van der Waals surface area contributed by atoms with E-state index < -0.39 is 5.97 Å². The average molecular weight is 897 g/mol. The monoisotopic (exact) mass is 896 g/mol. The number of carboxylic acids is 1. The van der Waals surface area contributed by atoms with Gasteiger partial charge in [-0.3, -0.25) is 14.4 Å². The van der Waals surface area contributed by atoms with Crippen LogP contribution in [0.4, 0.5) is 11.4 Å². The molecular weight excluding hydrogens is 845 g/mol. The van der Waals surface area contributed by atoms with Crippen LogP contribution in [0.5, 0.6) is 23.0 Å². The van der Waals surface area contributed by atoms with Crippen molar-refractivity contribution in [3.8, 4) is 45.3 Å². The van der Waals surface area contributed by atoms with Crippen LogP contribution in [0.15, 0.2) is 192 Å². The lowest BCUT2D eigenvalue weighted by atomic mass is 10.0. The number of carboxylic acid groups (broad SMARTS) is 1. The largest absolute Gasteiger partial charge is 0.478 e. The third-order valence-corrected chi connectivity index (χ3v) is 9.70. The maximum Gasteiger partial charge on any atom is 0.328 e. The van der Waals surface area contributed by atoms with E-state index in [9.17, 15) is 19.2 Å². The highest BCUT2D eigenvalue weighted by Gasteiger charge is 2.10. The van der Waals surface area contributed by atoms with Gasteiger partial charge >= 0.3 is 5.97 Å². The molecule has 0 bridgehead atoms. The van der Waals surface area contributed by atoms with Gasteiger partial charge in [0.25, 0.3) is 11.1 Å². The number of benzene rings is 6. The van der Waals surface area contributed by atoms with Crippen LogP contribution in [-0.4, -0.2) is 78.0 Å². The Morgan fingerprint density at radius 1 is 0.567 bits per heavy atom. The molecule has 6 N–H and O–H groups in total. The predicted octanol–water partition coefficient (Wildman–Crippen LogP) is 9.80. The van der Waals surface area contributed by atoms with E-state index in [0.717, 1.165) is 50.1 Å². The van der Waals surface area contributed by atoms with Gasteiger partial charge in [0.2, 0.25) is 5.91 Å². The summed E-state index contributed by atoms with van der Waals surface area (Å²) in [4.78, 5) is 55.4. The first kappa shape index (κ1) is 47.9. The van der Waals surface area contributed by atoms with Gasteiger partial charge < -0.3 is 45.4 Å². The van der Waals surface area contributed by atoms with Crippen molar-refractivity contribution in [2.45, 2.75) is 0 Å². The molecule has 0 aliphatic rings. The third kappa shape index (κ3) is 14.8. The number of nitrogens with two attached hydrogens (primary N) is 1. The minimum atomic E-state index is -0.892. The Morgan fingerprint density at radius 2 is 1.01 bits per heavy atom. The van der Waals surface area contributed by atoms with Crippen LogP contribution in [0.3, 0.4) is 0 Å². The fourth-order valence-corrected chi connectivity index (χ4v) is 6.66. The van der Waals surface area contributed by atoms with Gasteiger partial charge in [-0.15, -0.1) is 0 Å². The number of hydrogen-bond acceptors (Lipinski definition) is 9. The highest BCUT2D eigenvalue weighted by atomic mass is 16.5. The number of carbonyl (C=O) groups excluding carboxylic acids is 1. The number of aromatic amines is 2. The molecule has 0 spiro atoms. The van der Waals surface area contributed by atoms with Gasteiger partial charge in [-0.2, -0.15) is 0 Å². The number of aromatic nitrogens is 2. The van der Waals surface area contributed by atoms with Crippen molar-refractivity contribution >= 4 is 45.1 Å². The van der Waals surface area contributed by atoms with Gasteiger partial charge in [0, 0.05) is 59.5 Å². The van der Waals surface area contributed by atoms with Gasteiger partial charge in [-0.1, -0.05) is 84.9 Å². The van der Waals surface area contributed by atoms with E-state index in [0.29, 0.717) is 47.5 Å². The molecule has 0 aliphatic heterocycles. The zero-order chi connectivity index (χ0) is 47.7. The van der Waals surface area contributed by atoms with Crippen molar-refractivity contribution in [3.63, 3.8) is 0 Å². The normalized spacial score (nSPS) is 11.0. The van der Waals surface area contributed by atoms with E-state index in [2.05, 4.69) is 15.3 Å². The van der Waals surface area contributed by atoms with Crippen molar-refractivity contribution in [1.29, 1.82) is 0 Å². The highest BCUT2D eigenvalue weighted by molar-refractivity contribution is 5.99. The third-order valence-electron chi connectivity index (χ3n) is 9.70. The van der Waals surface area contributed by atoms with Crippen LogP contribution in [0.2, 0.25) is 0 Å². The summed E-state index contributed by atoms with van der Waals surface area (Å²) in [7, 11) is 7.65. The van der Waals surface area contributed by atoms with Crippen LogP contribution >= 0.6 is 0 Å².